The molecule has 1 amide bonds. The lowest BCUT2D eigenvalue weighted by Crippen LogP contribution is -2.46. The highest BCUT2D eigenvalue weighted by Gasteiger charge is 2.31. The SMILES string of the molecule is CC(C(=O)Nc1ccc2c(c1)OCCO2)N1CCCC(c2nc(-c3ccc(Cl)cc3)no2)C1. The highest BCUT2D eigenvalue weighted by Crippen LogP contribution is 2.33. The van der Waals surface area contributed by atoms with Crippen LogP contribution in [0.4, 0.5) is 5.69 Å². The number of nitrogens with zero attached hydrogens (tertiary/aromatic N) is 3. The van der Waals surface area contributed by atoms with Gasteiger partial charge in [0.05, 0.1) is 12.0 Å². The first-order valence-corrected chi connectivity index (χ1v) is 11.5. The number of ether oxygens (including phenoxy) is 2. The molecule has 9 heteroatoms. The standard InChI is InChI=1S/C24H25ClN4O4/c1-15(23(30)26-19-8-9-20-21(13-19)32-12-11-31-20)29-10-2-3-17(14-29)24-27-22(28-33-24)16-4-6-18(25)7-5-16/h4-9,13,15,17H,2-3,10-12,14H2,1H3,(H,26,30). The molecule has 1 saturated heterocycles. The minimum atomic E-state index is -0.306. The van der Waals surface area contributed by atoms with E-state index in [1.54, 1.807) is 18.2 Å². The number of halogens is 1. The zero-order valence-electron chi connectivity index (χ0n) is 18.3. The first-order chi connectivity index (χ1) is 16.1. The molecule has 1 N–H and O–H groups in total. The van der Waals surface area contributed by atoms with Crippen LogP contribution in [0, 0.1) is 0 Å². The van der Waals surface area contributed by atoms with Crippen molar-refractivity contribution in [2.75, 3.05) is 31.6 Å². The van der Waals surface area contributed by atoms with Gasteiger partial charge in [0.2, 0.25) is 17.6 Å². The van der Waals surface area contributed by atoms with Crippen molar-refractivity contribution in [3.05, 3.63) is 53.4 Å². The average molecular weight is 469 g/mol. The van der Waals surface area contributed by atoms with Crippen molar-refractivity contribution in [2.45, 2.75) is 31.7 Å². The number of amides is 1. The van der Waals surface area contributed by atoms with E-state index >= 15 is 0 Å². The number of carbonyl (C=O) groups excluding carboxylic acids is 1. The summed E-state index contributed by atoms with van der Waals surface area (Å²) >= 11 is 5.97. The van der Waals surface area contributed by atoms with Gasteiger partial charge < -0.3 is 19.3 Å². The molecule has 172 valence electrons. The summed E-state index contributed by atoms with van der Waals surface area (Å²) < 4.78 is 16.7. The summed E-state index contributed by atoms with van der Waals surface area (Å²) in [5, 5.41) is 7.79. The third kappa shape index (κ3) is 4.82. The van der Waals surface area contributed by atoms with Gasteiger partial charge in [0, 0.05) is 28.9 Å². The van der Waals surface area contributed by atoms with Crippen LogP contribution in [0.2, 0.25) is 5.02 Å². The van der Waals surface area contributed by atoms with Crippen molar-refractivity contribution in [3.8, 4) is 22.9 Å². The lowest BCUT2D eigenvalue weighted by Gasteiger charge is -2.34. The number of carbonyl (C=O) groups is 1. The molecular weight excluding hydrogens is 444 g/mol. The molecule has 2 atom stereocenters. The molecule has 0 radical (unpaired) electrons. The number of likely N-dealkylation sites (tertiary alicyclic amines) is 1. The van der Waals surface area contributed by atoms with Crippen molar-refractivity contribution in [1.82, 2.24) is 15.0 Å². The van der Waals surface area contributed by atoms with Gasteiger partial charge in [-0.3, -0.25) is 9.69 Å². The number of benzene rings is 2. The number of hydrogen-bond acceptors (Lipinski definition) is 7. The van der Waals surface area contributed by atoms with Gasteiger partial charge in [-0.15, -0.1) is 0 Å². The van der Waals surface area contributed by atoms with Crippen LogP contribution in [0.1, 0.15) is 31.6 Å². The molecule has 5 rings (SSSR count). The van der Waals surface area contributed by atoms with Crippen molar-refractivity contribution in [2.24, 2.45) is 0 Å². The van der Waals surface area contributed by atoms with Gasteiger partial charge in [0.15, 0.2) is 11.5 Å². The van der Waals surface area contributed by atoms with Crippen LogP contribution in [-0.2, 0) is 4.79 Å². The van der Waals surface area contributed by atoms with Gasteiger partial charge in [-0.05, 0) is 62.7 Å². The maximum atomic E-state index is 13.0. The molecule has 2 unspecified atom stereocenters. The summed E-state index contributed by atoms with van der Waals surface area (Å²) in [6, 6.07) is 12.5. The van der Waals surface area contributed by atoms with Crippen LogP contribution < -0.4 is 14.8 Å². The van der Waals surface area contributed by atoms with Crippen molar-refractivity contribution >= 4 is 23.2 Å². The number of hydrogen-bond donors (Lipinski definition) is 1. The second-order valence-corrected chi connectivity index (χ2v) is 8.76. The van der Waals surface area contributed by atoms with E-state index in [-0.39, 0.29) is 17.9 Å². The van der Waals surface area contributed by atoms with Crippen LogP contribution in [-0.4, -0.2) is 53.3 Å². The van der Waals surface area contributed by atoms with Crippen molar-refractivity contribution in [3.63, 3.8) is 0 Å². The Labute approximate surface area is 196 Å². The fourth-order valence-electron chi connectivity index (χ4n) is 4.21. The Morgan fingerprint density at radius 2 is 1.94 bits per heavy atom. The van der Waals surface area contributed by atoms with E-state index in [1.165, 1.54) is 0 Å². The van der Waals surface area contributed by atoms with Gasteiger partial charge in [0.25, 0.3) is 0 Å². The van der Waals surface area contributed by atoms with E-state index < -0.39 is 0 Å². The van der Waals surface area contributed by atoms with Crippen molar-refractivity contribution < 1.29 is 18.8 Å². The second-order valence-electron chi connectivity index (χ2n) is 8.32. The predicted octanol–water partition coefficient (Wildman–Crippen LogP) is 4.37. The first-order valence-electron chi connectivity index (χ1n) is 11.1. The molecule has 2 aliphatic rings. The Balaban J connectivity index is 1.23. The summed E-state index contributed by atoms with van der Waals surface area (Å²) in [5.74, 6) is 2.50. The molecule has 1 aromatic heterocycles. The quantitative estimate of drug-likeness (QED) is 0.594. The summed E-state index contributed by atoms with van der Waals surface area (Å²) in [5.41, 5.74) is 1.54. The Kier molecular flexibility index (Phi) is 6.20. The molecular formula is C24H25ClN4O4. The number of piperidine rings is 1. The van der Waals surface area contributed by atoms with Crippen molar-refractivity contribution in [1.29, 1.82) is 0 Å². The molecule has 2 aliphatic heterocycles. The van der Waals surface area contributed by atoms with Gasteiger partial charge in [0.1, 0.15) is 13.2 Å². The first kappa shape index (κ1) is 21.7. The molecule has 0 saturated carbocycles. The Morgan fingerprint density at radius 3 is 2.76 bits per heavy atom. The summed E-state index contributed by atoms with van der Waals surface area (Å²) in [7, 11) is 0. The Bertz CT molecular complexity index is 1130. The molecule has 0 aliphatic carbocycles. The maximum Gasteiger partial charge on any atom is 0.241 e. The van der Waals surface area contributed by atoms with E-state index in [0.717, 1.165) is 24.9 Å². The zero-order valence-corrected chi connectivity index (χ0v) is 19.0. The largest absolute Gasteiger partial charge is 0.486 e. The van der Waals surface area contributed by atoms with E-state index in [9.17, 15) is 4.79 Å². The summed E-state index contributed by atoms with van der Waals surface area (Å²) in [6.45, 7) is 4.48. The fourth-order valence-corrected chi connectivity index (χ4v) is 4.34. The van der Waals surface area contributed by atoms with E-state index in [1.807, 2.05) is 31.2 Å². The molecule has 8 nitrogen and oxygen atoms in total. The number of anilines is 1. The monoisotopic (exact) mass is 468 g/mol. The molecule has 2 aromatic carbocycles. The molecule has 0 bridgehead atoms. The highest BCUT2D eigenvalue weighted by molar-refractivity contribution is 6.30. The van der Waals surface area contributed by atoms with Crippen LogP contribution >= 0.6 is 11.6 Å². The molecule has 3 aromatic rings. The van der Waals surface area contributed by atoms with Crippen LogP contribution in [0.3, 0.4) is 0 Å². The Morgan fingerprint density at radius 1 is 1.15 bits per heavy atom. The van der Waals surface area contributed by atoms with Crippen LogP contribution in [0.15, 0.2) is 47.0 Å². The fraction of sp³-hybridized carbons (Fsp3) is 0.375. The lowest BCUT2D eigenvalue weighted by molar-refractivity contribution is -0.121. The summed E-state index contributed by atoms with van der Waals surface area (Å²) in [6.07, 6.45) is 1.89. The third-order valence-electron chi connectivity index (χ3n) is 6.08. The normalized spacial score (nSPS) is 19.2. The number of aromatic nitrogens is 2. The minimum Gasteiger partial charge on any atom is -0.486 e. The van der Waals surface area contributed by atoms with Crippen LogP contribution in [0.25, 0.3) is 11.4 Å². The molecule has 1 fully saturated rings. The van der Waals surface area contributed by atoms with Gasteiger partial charge in [-0.1, -0.05) is 16.8 Å². The lowest BCUT2D eigenvalue weighted by atomic mass is 9.96. The summed E-state index contributed by atoms with van der Waals surface area (Å²) in [4.78, 5) is 19.7. The van der Waals surface area contributed by atoms with Gasteiger partial charge in [-0.25, -0.2) is 0 Å². The molecule has 3 heterocycles. The number of fused-ring (bicyclic) bond motifs is 1. The molecule has 33 heavy (non-hydrogen) atoms. The number of rotatable bonds is 5. The van der Waals surface area contributed by atoms with E-state index in [2.05, 4.69) is 20.4 Å². The van der Waals surface area contributed by atoms with E-state index in [4.69, 9.17) is 25.6 Å². The second kappa shape index (κ2) is 9.41. The minimum absolute atomic E-state index is 0.0697. The maximum absolute atomic E-state index is 13.0. The smallest absolute Gasteiger partial charge is 0.241 e. The third-order valence-corrected chi connectivity index (χ3v) is 6.34. The topological polar surface area (TPSA) is 89.7 Å². The number of nitrogens with one attached hydrogen (secondary N) is 1. The molecule has 0 spiro atoms. The van der Waals surface area contributed by atoms with Gasteiger partial charge >= 0.3 is 0 Å². The van der Waals surface area contributed by atoms with Gasteiger partial charge in [-0.2, -0.15) is 4.98 Å². The average Bonchev–Trinajstić information content (AvgIpc) is 3.34. The van der Waals surface area contributed by atoms with Crippen LogP contribution in [0.5, 0.6) is 11.5 Å². The predicted molar refractivity (Wildman–Crippen MR) is 124 cm³/mol. The zero-order chi connectivity index (χ0) is 22.8. The van der Waals surface area contributed by atoms with E-state index in [0.29, 0.717) is 53.7 Å². The Hall–Kier alpha value is -3.10. The highest BCUT2D eigenvalue weighted by atomic mass is 35.5.